The fourth-order valence-corrected chi connectivity index (χ4v) is 2.17. The molecular formula is C10H17N3O3S. The van der Waals surface area contributed by atoms with Crippen molar-refractivity contribution in [2.24, 2.45) is 0 Å². The lowest BCUT2D eigenvalue weighted by molar-refractivity contribution is -0.133. The Balaban J connectivity index is 2.62. The van der Waals surface area contributed by atoms with Gasteiger partial charge in [0.15, 0.2) is 5.16 Å². The van der Waals surface area contributed by atoms with E-state index in [-0.39, 0.29) is 5.75 Å². The summed E-state index contributed by atoms with van der Waals surface area (Å²) in [5.74, 6) is 0.0509. The highest BCUT2D eigenvalue weighted by Gasteiger charge is 2.12. The summed E-state index contributed by atoms with van der Waals surface area (Å²) in [5.41, 5.74) is 0. The summed E-state index contributed by atoms with van der Waals surface area (Å²) in [6, 6.07) is 0. The Hall–Kier alpha value is -1.08. The summed E-state index contributed by atoms with van der Waals surface area (Å²) in [7, 11) is 1.67. The van der Waals surface area contributed by atoms with Gasteiger partial charge in [0.05, 0.1) is 5.75 Å². The average molecular weight is 259 g/mol. The molecule has 0 bridgehead atoms. The molecule has 0 radical (unpaired) electrons. The molecule has 0 saturated carbocycles. The summed E-state index contributed by atoms with van der Waals surface area (Å²) < 4.78 is 6.93. The van der Waals surface area contributed by atoms with Crippen LogP contribution in [0.5, 0.6) is 0 Å². The number of hydrogen-bond acceptors (Lipinski definition) is 5. The summed E-state index contributed by atoms with van der Waals surface area (Å²) in [5, 5.41) is 17.4. The van der Waals surface area contributed by atoms with E-state index in [0.29, 0.717) is 11.8 Å². The molecule has 0 spiro atoms. The second-order valence-corrected chi connectivity index (χ2v) is 4.36. The summed E-state index contributed by atoms with van der Waals surface area (Å²) in [6.07, 6.45) is 1.68. The van der Waals surface area contributed by atoms with Gasteiger partial charge in [-0.15, -0.1) is 10.2 Å². The van der Waals surface area contributed by atoms with Crippen LogP contribution < -0.4 is 0 Å². The zero-order valence-electron chi connectivity index (χ0n) is 10.0. The minimum Gasteiger partial charge on any atom is -0.481 e. The van der Waals surface area contributed by atoms with E-state index in [1.807, 2.05) is 11.5 Å². The molecule has 0 aliphatic heterocycles. The monoisotopic (exact) mass is 259 g/mol. The molecule has 96 valence electrons. The van der Waals surface area contributed by atoms with Crippen LogP contribution in [0.15, 0.2) is 5.16 Å². The highest BCUT2D eigenvalue weighted by atomic mass is 32.2. The van der Waals surface area contributed by atoms with Crippen LogP contribution in [0.2, 0.25) is 0 Å². The molecule has 0 unspecified atom stereocenters. The number of methoxy groups -OCH3 is 1. The second-order valence-electron chi connectivity index (χ2n) is 3.42. The number of carboxylic acids is 1. The molecule has 6 nitrogen and oxygen atoms in total. The van der Waals surface area contributed by atoms with Crippen LogP contribution in [0, 0.1) is 0 Å². The third kappa shape index (κ3) is 4.35. The molecule has 0 aliphatic rings. The van der Waals surface area contributed by atoms with Crippen molar-refractivity contribution in [1.29, 1.82) is 0 Å². The lowest BCUT2D eigenvalue weighted by atomic mass is 10.3. The summed E-state index contributed by atoms with van der Waals surface area (Å²) in [6.45, 7) is 3.43. The highest BCUT2D eigenvalue weighted by molar-refractivity contribution is 7.99. The zero-order valence-corrected chi connectivity index (χ0v) is 10.9. The number of hydrogen-bond donors (Lipinski definition) is 1. The molecule has 0 fully saturated rings. The Labute approximate surface area is 104 Å². The lowest BCUT2D eigenvalue weighted by Gasteiger charge is -2.06. The number of aryl methyl sites for hydroxylation is 1. The first kappa shape index (κ1) is 14.0. The SMILES string of the molecule is CCn1c(CCCOC)nnc1SCC(=O)O. The quantitative estimate of drug-likeness (QED) is 0.555. The molecule has 1 rings (SSSR count). The molecule has 1 N–H and O–H groups in total. The predicted octanol–water partition coefficient (Wildman–Crippen LogP) is 1.05. The van der Waals surface area contributed by atoms with Crippen LogP contribution in [-0.4, -0.2) is 45.3 Å². The third-order valence-electron chi connectivity index (χ3n) is 2.18. The standard InChI is InChI=1S/C10H17N3O3S/c1-3-13-8(5-4-6-16-2)11-12-10(13)17-7-9(14)15/h3-7H2,1-2H3,(H,14,15). The normalized spacial score (nSPS) is 10.7. The van der Waals surface area contributed by atoms with E-state index in [9.17, 15) is 4.79 Å². The van der Waals surface area contributed by atoms with Crippen molar-refractivity contribution >= 4 is 17.7 Å². The van der Waals surface area contributed by atoms with Crippen molar-refractivity contribution in [3.63, 3.8) is 0 Å². The van der Waals surface area contributed by atoms with Gasteiger partial charge in [-0.2, -0.15) is 0 Å². The van der Waals surface area contributed by atoms with Crippen LogP contribution >= 0.6 is 11.8 Å². The number of ether oxygens (including phenoxy) is 1. The molecule has 1 aromatic heterocycles. The molecule has 7 heteroatoms. The van der Waals surface area contributed by atoms with Gasteiger partial charge in [0.1, 0.15) is 5.82 Å². The Kier molecular flexibility index (Phi) is 5.99. The predicted molar refractivity (Wildman–Crippen MR) is 64.3 cm³/mol. The number of nitrogens with zero attached hydrogens (tertiary/aromatic N) is 3. The molecule has 0 aliphatic carbocycles. The van der Waals surface area contributed by atoms with E-state index in [1.54, 1.807) is 7.11 Å². The molecule has 1 aromatic rings. The fourth-order valence-electron chi connectivity index (χ4n) is 1.43. The average Bonchev–Trinajstić information content (AvgIpc) is 2.69. The van der Waals surface area contributed by atoms with Crippen molar-refractivity contribution in [2.45, 2.75) is 31.5 Å². The van der Waals surface area contributed by atoms with Crippen molar-refractivity contribution in [1.82, 2.24) is 14.8 Å². The lowest BCUT2D eigenvalue weighted by Crippen LogP contribution is -2.06. The molecule has 0 amide bonds. The Morgan fingerprint density at radius 3 is 2.88 bits per heavy atom. The maximum atomic E-state index is 10.5. The van der Waals surface area contributed by atoms with E-state index < -0.39 is 5.97 Å². The minimum atomic E-state index is -0.846. The first-order valence-electron chi connectivity index (χ1n) is 5.44. The van der Waals surface area contributed by atoms with E-state index >= 15 is 0 Å². The first-order valence-corrected chi connectivity index (χ1v) is 6.43. The van der Waals surface area contributed by atoms with Gasteiger partial charge >= 0.3 is 5.97 Å². The van der Waals surface area contributed by atoms with Crippen LogP contribution in [0.1, 0.15) is 19.2 Å². The fraction of sp³-hybridized carbons (Fsp3) is 0.700. The maximum absolute atomic E-state index is 10.5. The van der Waals surface area contributed by atoms with Crippen molar-refractivity contribution in [3.8, 4) is 0 Å². The molecular weight excluding hydrogens is 242 g/mol. The number of aliphatic carboxylic acids is 1. The van der Waals surface area contributed by atoms with Gasteiger partial charge in [0, 0.05) is 26.7 Å². The van der Waals surface area contributed by atoms with Crippen molar-refractivity contribution in [2.75, 3.05) is 19.5 Å². The maximum Gasteiger partial charge on any atom is 0.313 e. The van der Waals surface area contributed by atoms with Crippen molar-refractivity contribution < 1.29 is 14.6 Å². The first-order chi connectivity index (χ1) is 8.19. The van der Waals surface area contributed by atoms with E-state index in [4.69, 9.17) is 9.84 Å². The topological polar surface area (TPSA) is 77.2 Å². The second kappa shape index (κ2) is 7.29. The molecule has 17 heavy (non-hydrogen) atoms. The molecule has 1 heterocycles. The van der Waals surface area contributed by atoms with Crippen LogP contribution in [0.25, 0.3) is 0 Å². The van der Waals surface area contributed by atoms with Crippen LogP contribution in [0.3, 0.4) is 0 Å². The van der Waals surface area contributed by atoms with Gasteiger partial charge in [0.25, 0.3) is 0 Å². The number of aromatic nitrogens is 3. The zero-order chi connectivity index (χ0) is 12.7. The Morgan fingerprint density at radius 2 is 2.29 bits per heavy atom. The van der Waals surface area contributed by atoms with Gasteiger partial charge in [0.2, 0.25) is 0 Å². The van der Waals surface area contributed by atoms with Gasteiger partial charge in [-0.1, -0.05) is 11.8 Å². The smallest absolute Gasteiger partial charge is 0.313 e. The van der Waals surface area contributed by atoms with Crippen molar-refractivity contribution in [3.05, 3.63) is 5.82 Å². The van der Waals surface area contributed by atoms with E-state index in [1.165, 1.54) is 11.8 Å². The Morgan fingerprint density at radius 1 is 1.53 bits per heavy atom. The van der Waals surface area contributed by atoms with Gasteiger partial charge in [-0.25, -0.2) is 0 Å². The van der Waals surface area contributed by atoms with Gasteiger partial charge in [-0.3, -0.25) is 4.79 Å². The van der Waals surface area contributed by atoms with E-state index in [2.05, 4.69) is 10.2 Å². The number of thioether (sulfide) groups is 1. The number of carboxylic acid groups (broad SMARTS) is 1. The van der Waals surface area contributed by atoms with Crippen LogP contribution in [0.4, 0.5) is 0 Å². The molecule has 0 aromatic carbocycles. The molecule has 0 atom stereocenters. The van der Waals surface area contributed by atoms with E-state index in [0.717, 1.165) is 25.2 Å². The number of rotatable bonds is 8. The minimum absolute atomic E-state index is 0.0101. The molecule has 0 saturated heterocycles. The Bertz CT molecular complexity index is 368. The summed E-state index contributed by atoms with van der Waals surface area (Å²) in [4.78, 5) is 10.5. The third-order valence-corrected chi connectivity index (χ3v) is 3.13. The summed E-state index contributed by atoms with van der Waals surface area (Å²) >= 11 is 1.20. The number of carbonyl (C=O) groups is 1. The van der Waals surface area contributed by atoms with Gasteiger partial charge in [-0.05, 0) is 13.3 Å². The van der Waals surface area contributed by atoms with Gasteiger partial charge < -0.3 is 14.4 Å². The largest absolute Gasteiger partial charge is 0.481 e. The van der Waals surface area contributed by atoms with Crippen LogP contribution in [-0.2, 0) is 22.5 Å². The highest BCUT2D eigenvalue weighted by Crippen LogP contribution is 2.17.